The van der Waals surface area contributed by atoms with Crippen LogP contribution in [-0.2, 0) is 10.0 Å². The number of aryl methyl sites for hydroxylation is 1. The van der Waals surface area contributed by atoms with Crippen LogP contribution < -0.4 is 10.5 Å². The smallest absolute Gasteiger partial charge is 0.264 e. The van der Waals surface area contributed by atoms with E-state index in [9.17, 15) is 8.42 Å². The van der Waals surface area contributed by atoms with E-state index in [-0.39, 0.29) is 26.6 Å². The molecule has 20 heavy (non-hydrogen) atoms. The summed E-state index contributed by atoms with van der Waals surface area (Å²) < 4.78 is 27.0. The van der Waals surface area contributed by atoms with Crippen molar-refractivity contribution in [1.29, 1.82) is 0 Å². The molecule has 2 aromatic rings. The molecule has 1 heterocycles. The summed E-state index contributed by atoms with van der Waals surface area (Å²) in [4.78, 5) is 7.32. The van der Waals surface area contributed by atoms with E-state index in [1.54, 1.807) is 19.1 Å². The summed E-state index contributed by atoms with van der Waals surface area (Å²) in [6.45, 7) is 1.63. The highest BCUT2D eigenvalue weighted by atomic mass is 35.5. The predicted octanol–water partition coefficient (Wildman–Crippen LogP) is 2.47. The van der Waals surface area contributed by atoms with Gasteiger partial charge in [0.25, 0.3) is 10.0 Å². The van der Waals surface area contributed by atoms with Crippen molar-refractivity contribution in [3.8, 4) is 0 Å². The molecular formula is C11H10Cl2N4O2S. The van der Waals surface area contributed by atoms with Crippen molar-refractivity contribution < 1.29 is 8.42 Å². The van der Waals surface area contributed by atoms with Crippen LogP contribution in [0.15, 0.2) is 29.4 Å². The number of nitrogens with two attached hydrogens (primary N) is 1. The number of anilines is 2. The van der Waals surface area contributed by atoms with Gasteiger partial charge in [-0.05, 0) is 18.6 Å². The molecule has 1 aromatic heterocycles. The normalized spacial score (nSPS) is 11.3. The molecule has 0 unspecified atom stereocenters. The zero-order valence-corrected chi connectivity index (χ0v) is 12.6. The van der Waals surface area contributed by atoms with Gasteiger partial charge in [0.2, 0.25) is 0 Å². The highest BCUT2D eigenvalue weighted by Crippen LogP contribution is 2.30. The van der Waals surface area contributed by atoms with E-state index < -0.39 is 10.0 Å². The third-order valence-electron chi connectivity index (χ3n) is 2.50. The number of nitrogen functional groups attached to an aromatic ring is 1. The van der Waals surface area contributed by atoms with Gasteiger partial charge in [0.1, 0.15) is 16.9 Å². The van der Waals surface area contributed by atoms with Crippen molar-refractivity contribution in [3.63, 3.8) is 0 Å². The van der Waals surface area contributed by atoms with Crippen molar-refractivity contribution >= 4 is 44.6 Å². The molecule has 0 saturated heterocycles. The van der Waals surface area contributed by atoms with Gasteiger partial charge in [-0.3, -0.25) is 4.72 Å². The number of halogens is 2. The third-order valence-corrected chi connectivity index (χ3v) is 4.64. The third kappa shape index (κ3) is 2.79. The summed E-state index contributed by atoms with van der Waals surface area (Å²) in [5.74, 6) is 0. The second kappa shape index (κ2) is 5.43. The maximum Gasteiger partial charge on any atom is 0.264 e. The van der Waals surface area contributed by atoms with E-state index in [1.807, 2.05) is 0 Å². The van der Waals surface area contributed by atoms with E-state index in [4.69, 9.17) is 28.9 Å². The molecule has 0 fully saturated rings. The molecule has 3 N–H and O–H groups in total. The van der Waals surface area contributed by atoms with E-state index >= 15 is 0 Å². The molecule has 0 aliphatic carbocycles. The number of nitrogens with one attached hydrogen (secondary N) is 1. The molecule has 0 radical (unpaired) electrons. The maximum atomic E-state index is 12.4. The van der Waals surface area contributed by atoms with Gasteiger partial charge in [0.15, 0.2) is 10.3 Å². The van der Waals surface area contributed by atoms with Crippen LogP contribution in [0.2, 0.25) is 10.3 Å². The van der Waals surface area contributed by atoms with Crippen molar-refractivity contribution in [2.24, 2.45) is 0 Å². The Morgan fingerprint density at radius 2 is 1.80 bits per heavy atom. The van der Waals surface area contributed by atoms with Gasteiger partial charge in [0, 0.05) is 0 Å². The van der Waals surface area contributed by atoms with Crippen LogP contribution in [0.5, 0.6) is 0 Å². The number of aromatic nitrogens is 2. The van der Waals surface area contributed by atoms with Crippen molar-refractivity contribution in [1.82, 2.24) is 9.97 Å². The second-order valence-corrected chi connectivity index (χ2v) is 6.26. The fourth-order valence-electron chi connectivity index (χ4n) is 1.66. The lowest BCUT2D eigenvalue weighted by Crippen LogP contribution is -2.17. The average Bonchev–Trinajstić information content (AvgIpc) is 2.33. The van der Waals surface area contributed by atoms with E-state index in [2.05, 4.69) is 14.7 Å². The second-order valence-electron chi connectivity index (χ2n) is 3.93. The van der Waals surface area contributed by atoms with Crippen molar-refractivity contribution in [2.45, 2.75) is 11.8 Å². The van der Waals surface area contributed by atoms with Gasteiger partial charge in [-0.1, -0.05) is 35.3 Å². The first-order chi connectivity index (χ1) is 9.33. The van der Waals surface area contributed by atoms with Crippen molar-refractivity contribution in [2.75, 3.05) is 10.5 Å². The average molecular weight is 333 g/mol. The van der Waals surface area contributed by atoms with Gasteiger partial charge in [-0.15, -0.1) is 0 Å². The SMILES string of the molecule is Cc1cccc(N)c1S(=O)(=O)Nc1c(Cl)ncnc1Cl. The minimum absolute atomic E-state index is 0.0315. The highest BCUT2D eigenvalue weighted by molar-refractivity contribution is 7.93. The van der Waals surface area contributed by atoms with Crippen LogP contribution in [-0.4, -0.2) is 18.4 Å². The van der Waals surface area contributed by atoms with Crippen LogP contribution in [0.25, 0.3) is 0 Å². The Kier molecular flexibility index (Phi) is 4.03. The fourth-order valence-corrected chi connectivity index (χ4v) is 3.61. The number of benzene rings is 1. The summed E-state index contributed by atoms with van der Waals surface area (Å²) in [5.41, 5.74) is 6.26. The molecule has 6 nitrogen and oxygen atoms in total. The highest BCUT2D eigenvalue weighted by Gasteiger charge is 2.23. The minimum atomic E-state index is -3.94. The molecule has 0 aliphatic rings. The number of sulfonamides is 1. The number of hydrogen-bond acceptors (Lipinski definition) is 5. The Morgan fingerprint density at radius 3 is 2.35 bits per heavy atom. The first-order valence-electron chi connectivity index (χ1n) is 5.37. The Morgan fingerprint density at radius 1 is 1.20 bits per heavy atom. The Bertz CT molecular complexity index is 725. The molecule has 1 aromatic carbocycles. The van der Waals surface area contributed by atoms with Crippen LogP contribution in [0.4, 0.5) is 11.4 Å². The summed E-state index contributed by atoms with van der Waals surface area (Å²) in [7, 11) is -3.94. The number of hydrogen-bond donors (Lipinski definition) is 2. The Hall–Kier alpha value is -1.57. The maximum absolute atomic E-state index is 12.4. The number of rotatable bonds is 3. The van der Waals surface area contributed by atoms with Crippen LogP contribution in [0.1, 0.15) is 5.56 Å². The molecule has 0 amide bonds. The Labute approximate surface area is 126 Å². The zero-order chi connectivity index (χ0) is 14.9. The van der Waals surface area contributed by atoms with Crippen molar-refractivity contribution in [3.05, 3.63) is 40.4 Å². The van der Waals surface area contributed by atoms with Gasteiger partial charge in [-0.25, -0.2) is 18.4 Å². The first-order valence-corrected chi connectivity index (χ1v) is 7.60. The molecular weight excluding hydrogens is 323 g/mol. The van der Waals surface area contributed by atoms with Crippen LogP contribution in [0, 0.1) is 6.92 Å². The topological polar surface area (TPSA) is 98.0 Å². The molecule has 106 valence electrons. The van der Waals surface area contributed by atoms with Gasteiger partial charge in [-0.2, -0.15) is 0 Å². The number of nitrogens with zero attached hydrogens (tertiary/aromatic N) is 2. The molecule has 0 saturated carbocycles. The summed E-state index contributed by atoms with van der Waals surface area (Å²) >= 11 is 11.6. The molecule has 0 spiro atoms. The molecule has 0 atom stereocenters. The molecule has 9 heteroatoms. The largest absolute Gasteiger partial charge is 0.398 e. The first kappa shape index (κ1) is 14.8. The fraction of sp³-hybridized carbons (Fsp3) is 0.0909. The quantitative estimate of drug-likeness (QED) is 0.664. The zero-order valence-electron chi connectivity index (χ0n) is 10.3. The monoisotopic (exact) mass is 332 g/mol. The molecule has 0 aliphatic heterocycles. The standard InChI is InChI=1S/C11H10Cl2N4O2S/c1-6-3-2-4-7(14)9(6)20(18,19)17-8-10(12)15-5-16-11(8)13/h2-5,17H,14H2,1H3. The van der Waals surface area contributed by atoms with Gasteiger partial charge in [0.05, 0.1) is 5.69 Å². The molecule has 2 rings (SSSR count). The minimum Gasteiger partial charge on any atom is -0.398 e. The van der Waals surface area contributed by atoms with E-state index in [0.29, 0.717) is 5.56 Å². The lowest BCUT2D eigenvalue weighted by Gasteiger charge is -2.13. The van der Waals surface area contributed by atoms with Crippen LogP contribution in [0.3, 0.4) is 0 Å². The van der Waals surface area contributed by atoms with Crippen LogP contribution >= 0.6 is 23.2 Å². The van der Waals surface area contributed by atoms with E-state index in [1.165, 1.54) is 6.07 Å². The summed E-state index contributed by atoms with van der Waals surface area (Å²) in [6.07, 6.45) is 1.13. The predicted molar refractivity (Wildman–Crippen MR) is 78.5 cm³/mol. The van der Waals surface area contributed by atoms with E-state index in [0.717, 1.165) is 6.33 Å². The Balaban J connectivity index is 2.53. The summed E-state index contributed by atoms with van der Waals surface area (Å²) in [5, 5.41) is -0.193. The van der Waals surface area contributed by atoms with Gasteiger partial charge < -0.3 is 5.73 Å². The lowest BCUT2D eigenvalue weighted by molar-refractivity contribution is 0.601. The van der Waals surface area contributed by atoms with Gasteiger partial charge >= 0.3 is 0 Å². The summed E-state index contributed by atoms with van der Waals surface area (Å²) in [6, 6.07) is 4.79. The lowest BCUT2D eigenvalue weighted by atomic mass is 10.2. The molecule has 0 bridgehead atoms.